The molecule has 1 amide bonds. The second-order valence-electron chi connectivity index (χ2n) is 6.75. The monoisotopic (exact) mass is 311 g/mol. The maximum absolute atomic E-state index is 12.6. The van der Waals surface area contributed by atoms with Gasteiger partial charge in [0, 0.05) is 11.4 Å². The lowest BCUT2D eigenvalue weighted by molar-refractivity contribution is -0.123. The van der Waals surface area contributed by atoms with E-state index >= 15 is 0 Å². The standard InChI is InChI=1S/C17H22BN3O2/c1-10(2)16-14-8-11(18)6-7-13(14)17(23)21(20-16)9-15(22)19-12-4-3-5-12/h6-8,10,12H,3-5,9,18H2,1-2H3,(H,19,22). The third-order valence-corrected chi connectivity index (χ3v) is 4.45. The van der Waals surface area contributed by atoms with E-state index in [1.807, 2.05) is 39.9 Å². The van der Waals surface area contributed by atoms with Crippen molar-refractivity contribution in [2.75, 3.05) is 0 Å². The van der Waals surface area contributed by atoms with E-state index in [1.54, 1.807) is 0 Å². The molecule has 1 N–H and O–H groups in total. The van der Waals surface area contributed by atoms with Crippen molar-refractivity contribution in [2.24, 2.45) is 0 Å². The quantitative estimate of drug-likeness (QED) is 0.834. The van der Waals surface area contributed by atoms with Crippen LogP contribution < -0.4 is 16.3 Å². The molecule has 0 aliphatic heterocycles. The Morgan fingerprint density at radius 3 is 2.74 bits per heavy atom. The van der Waals surface area contributed by atoms with Gasteiger partial charge < -0.3 is 5.32 Å². The molecule has 0 atom stereocenters. The highest BCUT2D eigenvalue weighted by Gasteiger charge is 2.20. The highest BCUT2D eigenvalue weighted by atomic mass is 16.2. The summed E-state index contributed by atoms with van der Waals surface area (Å²) in [5.74, 6) is 0.0475. The van der Waals surface area contributed by atoms with Gasteiger partial charge in [-0.1, -0.05) is 31.4 Å². The molecule has 1 aromatic carbocycles. The zero-order valence-corrected chi connectivity index (χ0v) is 13.9. The first-order chi connectivity index (χ1) is 11.0. The van der Waals surface area contributed by atoms with Gasteiger partial charge in [0.15, 0.2) is 0 Å². The van der Waals surface area contributed by atoms with Crippen LogP contribution in [0.25, 0.3) is 10.8 Å². The Labute approximate surface area is 136 Å². The first kappa shape index (κ1) is 15.8. The number of carbonyl (C=O) groups is 1. The molecule has 0 bridgehead atoms. The Balaban J connectivity index is 1.99. The van der Waals surface area contributed by atoms with E-state index in [9.17, 15) is 9.59 Å². The van der Waals surface area contributed by atoms with Gasteiger partial charge in [-0.25, -0.2) is 4.68 Å². The van der Waals surface area contributed by atoms with Crippen LogP contribution in [0, 0.1) is 0 Å². The van der Waals surface area contributed by atoms with Crippen molar-refractivity contribution >= 4 is 30.0 Å². The summed E-state index contributed by atoms with van der Waals surface area (Å²) < 4.78 is 1.31. The summed E-state index contributed by atoms with van der Waals surface area (Å²) in [6, 6.07) is 6.02. The zero-order valence-electron chi connectivity index (χ0n) is 13.9. The molecule has 0 spiro atoms. The lowest BCUT2D eigenvalue weighted by Crippen LogP contribution is -2.43. The Morgan fingerprint density at radius 1 is 1.39 bits per heavy atom. The molecule has 1 aliphatic carbocycles. The number of carbonyl (C=O) groups excluding carboxylic acids is 1. The topological polar surface area (TPSA) is 64.0 Å². The predicted molar refractivity (Wildman–Crippen MR) is 94.1 cm³/mol. The number of hydrogen-bond acceptors (Lipinski definition) is 3. The Kier molecular flexibility index (Phi) is 4.24. The van der Waals surface area contributed by atoms with Crippen LogP contribution in [-0.2, 0) is 11.3 Å². The summed E-state index contributed by atoms with van der Waals surface area (Å²) in [5.41, 5.74) is 1.76. The summed E-state index contributed by atoms with van der Waals surface area (Å²) in [7, 11) is 2.00. The molecule has 1 saturated carbocycles. The molecule has 6 heteroatoms. The number of nitrogens with one attached hydrogen (secondary N) is 1. The first-order valence-corrected chi connectivity index (χ1v) is 8.26. The highest BCUT2D eigenvalue weighted by molar-refractivity contribution is 6.33. The van der Waals surface area contributed by atoms with Crippen molar-refractivity contribution in [3.63, 3.8) is 0 Å². The third kappa shape index (κ3) is 3.16. The van der Waals surface area contributed by atoms with Crippen LogP contribution in [0.4, 0.5) is 0 Å². The van der Waals surface area contributed by atoms with Gasteiger partial charge in [-0.05, 0) is 31.2 Å². The van der Waals surface area contributed by atoms with E-state index in [0.29, 0.717) is 5.39 Å². The van der Waals surface area contributed by atoms with Gasteiger partial charge in [-0.2, -0.15) is 5.10 Å². The normalized spacial score (nSPS) is 14.9. The average molecular weight is 311 g/mol. The molecular formula is C17H22BN3O2. The van der Waals surface area contributed by atoms with Crippen molar-refractivity contribution in [3.05, 3.63) is 34.2 Å². The fraction of sp³-hybridized carbons (Fsp3) is 0.471. The van der Waals surface area contributed by atoms with Gasteiger partial charge in [0.25, 0.3) is 5.56 Å². The molecule has 2 aromatic rings. The average Bonchev–Trinajstić information content (AvgIpc) is 2.45. The molecule has 0 unspecified atom stereocenters. The van der Waals surface area contributed by atoms with Crippen LogP contribution in [0.1, 0.15) is 44.7 Å². The van der Waals surface area contributed by atoms with Crippen LogP contribution in [0.5, 0.6) is 0 Å². The van der Waals surface area contributed by atoms with E-state index in [1.165, 1.54) is 4.68 Å². The van der Waals surface area contributed by atoms with Crippen LogP contribution in [-0.4, -0.2) is 29.6 Å². The van der Waals surface area contributed by atoms with Crippen LogP contribution >= 0.6 is 0 Å². The van der Waals surface area contributed by atoms with Crippen molar-refractivity contribution < 1.29 is 4.79 Å². The second-order valence-corrected chi connectivity index (χ2v) is 6.75. The smallest absolute Gasteiger partial charge is 0.275 e. The number of hydrogen-bond donors (Lipinski definition) is 1. The maximum Gasteiger partial charge on any atom is 0.275 e. The first-order valence-electron chi connectivity index (χ1n) is 8.26. The SMILES string of the molecule is Bc1ccc2c(=O)n(CC(=O)NC3CCC3)nc(C(C)C)c2c1. The van der Waals surface area contributed by atoms with Crippen LogP contribution in [0.3, 0.4) is 0 Å². The number of fused-ring (bicyclic) bond motifs is 1. The molecule has 0 radical (unpaired) electrons. The number of amides is 1. The lowest BCUT2D eigenvalue weighted by Gasteiger charge is -2.26. The fourth-order valence-electron chi connectivity index (χ4n) is 2.92. The molecule has 1 fully saturated rings. The summed E-state index contributed by atoms with van der Waals surface area (Å²) in [6.07, 6.45) is 3.22. The summed E-state index contributed by atoms with van der Waals surface area (Å²) in [4.78, 5) is 24.8. The molecule has 0 saturated heterocycles. The Bertz CT molecular complexity index is 809. The summed E-state index contributed by atoms with van der Waals surface area (Å²) in [5, 5.41) is 8.95. The van der Waals surface area contributed by atoms with Gasteiger partial charge in [-0.15, -0.1) is 0 Å². The minimum absolute atomic E-state index is 0.0150. The maximum atomic E-state index is 12.6. The number of aromatic nitrogens is 2. The molecule has 5 nitrogen and oxygen atoms in total. The summed E-state index contributed by atoms with van der Waals surface area (Å²) in [6.45, 7) is 4.08. The number of nitrogens with zero attached hydrogens (tertiary/aromatic N) is 2. The minimum atomic E-state index is -0.201. The van der Waals surface area contributed by atoms with Crippen molar-refractivity contribution in [3.8, 4) is 0 Å². The van der Waals surface area contributed by atoms with Crippen molar-refractivity contribution in [1.29, 1.82) is 0 Å². The molecular weight excluding hydrogens is 289 g/mol. The number of benzene rings is 1. The molecule has 1 heterocycles. The van der Waals surface area contributed by atoms with Crippen molar-refractivity contribution in [1.82, 2.24) is 15.1 Å². The molecule has 23 heavy (non-hydrogen) atoms. The van der Waals surface area contributed by atoms with Gasteiger partial charge >= 0.3 is 0 Å². The van der Waals surface area contributed by atoms with Crippen molar-refractivity contribution in [2.45, 2.75) is 51.6 Å². The third-order valence-electron chi connectivity index (χ3n) is 4.45. The Hall–Kier alpha value is -2.11. The molecule has 1 aromatic heterocycles. The van der Waals surface area contributed by atoms with E-state index in [-0.39, 0.29) is 30.0 Å². The highest BCUT2D eigenvalue weighted by Crippen LogP contribution is 2.20. The van der Waals surface area contributed by atoms with Crippen LogP contribution in [0.2, 0.25) is 0 Å². The van der Waals surface area contributed by atoms with Gasteiger partial charge in [0.1, 0.15) is 14.4 Å². The van der Waals surface area contributed by atoms with E-state index < -0.39 is 0 Å². The predicted octanol–water partition coefficient (Wildman–Crippen LogP) is 0.447. The minimum Gasteiger partial charge on any atom is -0.352 e. The largest absolute Gasteiger partial charge is 0.352 e. The van der Waals surface area contributed by atoms with Gasteiger partial charge in [0.2, 0.25) is 5.91 Å². The number of rotatable bonds is 4. The fourth-order valence-corrected chi connectivity index (χ4v) is 2.92. The van der Waals surface area contributed by atoms with Gasteiger partial charge in [-0.3, -0.25) is 9.59 Å². The van der Waals surface area contributed by atoms with Gasteiger partial charge in [0.05, 0.1) is 11.1 Å². The van der Waals surface area contributed by atoms with E-state index in [0.717, 1.165) is 35.8 Å². The molecule has 1 aliphatic rings. The van der Waals surface area contributed by atoms with Crippen LogP contribution in [0.15, 0.2) is 23.0 Å². The zero-order chi connectivity index (χ0) is 16.6. The Morgan fingerprint density at radius 2 is 2.13 bits per heavy atom. The van der Waals surface area contributed by atoms with E-state index in [4.69, 9.17) is 0 Å². The summed E-state index contributed by atoms with van der Waals surface area (Å²) >= 11 is 0. The lowest BCUT2D eigenvalue weighted by atomic mass is 9.92. The molecule has 3 rings (SSSR count). The van der Waals surface area contributed by atoms with E-state index in [2.05, 4.69) is 10.4 Å². The molecule has 120 valence electrons. The second kappa shape index (κ2) is 6.18.